The van der Waals surface area contributed by atoms with E-state index in [0.717, 1.165) is 0 Å². The van der Waals surface area contributed by atoms with E-state index < -0.39 is 26.4 Å². The standard InChI is InChI=1S/C11H8Cl2N4O3S.C6H8N2O2S.C5HCl3N2O.B7.B/c12-9-8(5-18)10(13)17-11(16-9)15-6-1-3-7(4-2-6)21(14,19)20;7-5-1-3-6(4-2-5)11(8,9)10;6-3-2(1-11)4(7)10-5(8)9-3;1-5-7(4)6(2)3;/h1-5H,(H2,14,19,20)(H,15,16,17);1-4H,7H2,(H2,8,9,10);1H;;. The number of nitrogen functional groups attached to an aromatic ring is 1. The molecule has 7 N–H and O–H groups in total. The molecule has 252 valence electrons. The summed E-state index contributed by atoms with van der Waals surface area (Å²) in [6, 6.07) is 11.3. The SMILES string of the molecule is NS(=O)(=O)c1ccc(Nc2nc(Cl)c(C=O)c(Cl)n2)cc1.Nc1ccc(S(N)(=O)=O)cc1.O=Cc1c(Cl)nc(Cl)nc1Cl.[B].[B][B]B([B])B([B])[B]. The van der Waals surface area contributed by atoms with Gasteiger partial charge in [0.1, 0.15) is 20.6 Å². The molecule has 2 aromatic heterocycles. The summed E-state index contributed by atoms with van der Waals surface area (Å²) in [5.41, 5.74) is 6.39. The van der Waals surface area contributed by atoms with Gasteiger partial charge in [-0.1, -0.05) is 46.4 Å². The number of aromatic nitrogens is 4. The number of nitrogens with two attached hydrogens (primary N) is 3. The average molecular weight is 817 g/mol. The Labute approximate surface area is 328 Å². The molecule has 12 radical (unpaired) electrons. The van der Waals surface area contributed by atoms with Crippen molar-refractivity contribution >= 4 is 167 Å². The van der Waals surface area contributed by atoms with E-state index in [1.165, 1.54) is 55.6 Å². The molecule has 4 rings (SSSR count). The quantitative estimate of drug-likeness (QED) is 0.0643. The molecule has 0 bridgehead atoms. The van der Waals surface area contributed by atoms with Gasteiger partial charge in [-0.05, 0) is 60.1 Å². The Hall–Kier alpha value is -2.67. The molecule has 0 saturated carbocycles. The maximum absolute atomic E-state index is 11.1. The first kappa shape index (κ1) is 48.3. The van der Waals surface area contributed by atoms with Crippen LogP contribution in [0.15, 0.2) is 58.3 Å². The van der Waals surface area contributed by atoms with Crippen LogP contribution in [0.25, 0.3) is 0 Å². The van der Waals surface area contributed by atoms with Gasteiger partial charge in [0.05, 0.1) is 20.9 Å². The molecule has 51 heavy (non-hydrogen) atoms. The number of sulfonamides is 2. The van der Waals surface area contributed by atoms with Crippen LogP contribution in [0.4, 0.5) is 17.3 Å². The van der Waals surface area contributed by atoms with Crippen molar-refractivity contribution in [3.63, 3.8) is 0 Å². The molecular weight excluding hydrogens is 800 g/mol. The van der Waals surface area contributed by atoms with E-state index in [1.54, 1.807) is 0 Å². The van der Waals surface area contributed by atoms with Gasteiger partial charge in [0.2, 0.25) is 31.3 Å². The molecular formula is C22H17B8Cl5N8O6S2. The van der Waals surface area contributed by atoms with E-state index >= 15 is 0 Å². The Balaban J connectivity index is 0.000000710. The number of nitrogens with one attached hydrogen (secondary N) is 1. The maximum Gasteiger partial charge on any atom is 0.238 e. The van der Waals surface area contributed by atoms with Crippen LogP contribution in [-0.2, 0) is 20.0 Å². The van der Waals surface area contributed by atoms with E-state index in [0.29, 0.717) is 23.9 Å². The summed E-state index contributed by atoms with van der Waals surface area (Å²) in [6.45, 7) is 0. The summed E-state index contributed by atoms with van der Waals surface area (Å²) in [5.74, 6) is 0.0685. The summed E-state index contributed by atoms with van der Waals surface area (Å²) in [4.78, 5) is 35.8. The lowest BCUT2D eigenvalue weighted by molar-refractivity contribution is 0.111. The predicted molar refractivity (Wildman–Crippen MR) is 209 cm³/mol. The first-order valence-corrected chi connectivity index (χ1v) is 17.7. The van der Waals surface area contributed by atoms with Crippen molar-refractivity contribution in [1.29, 1.82) is 0 Å². The van der Waals surface area contributed by atoms with Crippen LogP contribution in [0.5, 0.6) is 0 Å². The summed E-state index contributed by atoms with van der Waals surface area (Å²) < 4.78 is 43.6. The number of aldehydes is 2. The van der Waals surface area contributed by atoms with Crippen molar-refractivity contribution in [2.75, 3.05) is 11.1 Å². The minimum absolute atomic E-state index is 0. The second kappa shape index (κ2) is 22.4. The smallest absolute Gasteiger partial charge is 0.238 e. The number of benzene rings is 2. The van der Waals surface area contributed by atoms with Gasteiger partial charge in [-0.3, -0.25) is 9.59 Å². The molecule has 0 spiro atoms. The normalized spacial score (nSPS) is 10.2. The maximum atomic E-state index is 11.1. The lowest BCUT2D eigenvalue weighted by Gasteiger charge is -2.07. The molecule has 0 fully saturated rings. The van der Waals surface area contributed by atoms with Gasteiger partial charge in [-0.15, -0.1) is 0 Å². The minimum atomic E-state index is -3.75. The van der Waals surface area contributed by atoms with Crippen molar-refractivity contribution in [3.8, 4) is 0 Å². The Morgan fingerprint density at radius 1 is 0.686 bits per heavy atom. The lowest BCUT2D eigenvalue weighted by Crippen LogP contribution is -2.43. The van der Waals surface area contributed by atoms with Crippen LogP contribution in [0.3, 0.4) is 0 Å². The number of nitrogens with zero attached hydrogens (tertiary/aromatic N) is 4. The number of hydrogen-bond donors (Lipinski definition) is 4. The van der Waals surface area contributed by atoms with E-state index in [1.807, 2.05) is 0 Å². The van der Waals surface area contributed by atoms with Gasteiger partial charge in [-0.2, -0.15) is 9.97 Å². The zero-order valence-corrected chi connectivity index (χ0v) is 31.0. The highest BCUT2D eigenvalue weighted by atomic mass is 35.5. The van der Waals surface area contributed by atoms with Crippen molar-refractivity contribution in [1.82, 2.24) is 19.9 Å². The van der Waals surface area contributed by atoms with Crippen molar-refractivity contribution in [2.45, 2.75) is 9.79 Å². The molecule has 2 heterocycles. The van der Waals surface area contributed by atoms with Crippen molar-refractivity contribution in [2.24, 2.45) is 10.3 Å². The fraction of sp³-hybridized carbons (Fsp3) is 0. The zero-order valence-electron chi connectivity index (χ0n) is 25.6. The van der Waals surface area contributed by atoms with E-state index in [2.05, 4.69) is 25.3 Å². The minimum Gasteiger partial charge on any atom is -0.399 e. The molecule has 2 aromatic carbocycles. The van der Waals surface area contributed by atoms with Gasteiger partial charge >= 0.3 is 0 Å². The van der Waals surface area contributed by atoms with Gasteiger partial charge in [-0.25, -0.2) is 37.1 Å². The Kier molecular flexibility index (Phi) is 21.2. The number of carbonyl (C=O) groups excluding carboxylic acids is 2. The van der Waals surface area contributed by atoms with Crippen LogP contribution >= 0.6 is 58.0 Å². The molecule has 0 unspecified atom stereocenters. The Morgan fingerprint density at radius 2 is 1.04 bits per heavy atom. The molecule has 0 aliphatic heterocycles. The number of halogens is 5. The fourth-order valence-electron chi connectivity index (χ4n) is 2.70. The van der Waals surface area contributed by atoms with Gasteiger partial charge in [0.25, 0.3) is 0 Å². The first-order chi connectivity index (χ1) is 23.1. The van der Waals surface area contributed by atoms with Crippen molar-refractivity contribution in [3.05, 3.63) is 85.6 Å². The largest absolute Gasteiger partial charge is 0.399 e. The number of primary sulfonamides is 2. The molecule has 0 atom stereocenters. The van der Waals surface area contributed by atoms with Crippen LogP contribution in [0.1, 0.15) is 20.7 Å². The second-order valence-electron chi connectivity index (χ2n) is 8.92. The molecule has 0 aliphatic carbocycles. The highest BCUT2D eigenvalue weighted by Gasteiger charge is 2.12. The highest BCUT2D eigenvalue weighted by molar-refractivity contribution is 7.89. The van der Waals surface area contributed by atoms with E-state index in [4.69, 9.17) is 105 Å². The average Bonchev–Trinajstić information content (AvgIpc) is 3.01. The molecule has 0 aliphatic rings. The van der Waals surface area contributed by atoms with E-state index in [-0.39, 0.29) is 67.6 Å². The Bertz CT molecular complexity index is 1950. The number of hydrogen-bond acceptors (Lipinski definition) is 12. The number of carbonyl (C=O) groups is 2. The highest BCUT2D eigenvalue weighted by Crippen LogP contribution is 2.23. The van der Waals surface area contributed by atoms with Crippen LogP contribution in [0, 0.1) is 0 Å². The summed E-state index contributed by atoms with van der Waals surface area (Å²) in [7, 11) is 14.3. The van der Waals surface area contributed by atoms with Crippen LogP contribution in [-0.4, -0.2) is 109 Å². The molecule has 4 aromatic rings. The topological polar surface area (TPSA) is 244 Å². The predicted octanol–water partition coefficient (Wildman–Crippen LogP) is 1.11. The van der Waals surface area contributed by atoms with Crippen molar-refractivity contribution < 1.29 is 26.4 Å². The Morgan fingerprint density at radius 3 is 1.33 bits per heavy atom. The zero-order chi connectivity index (χ0) is 38.4. The molecule has 29 heteroatoms. The van der Waals surface area contributed by atoms with Gasteiger partial charge in [0, 0.05) is 70.6 Å². The second-order valence-corrected chi connectivity index (χ2v) is 13.8. The summed E-state index contributed by atoms with van der Waals surface area (Å²) >= 11 is 27.9. The summed E-state index contributed by atoms with van der Waals surface area (Å²) in [6.07, 6.45) is 0.00100. The summed E-state index contributed by atoms with van der Waals surface area (Å²) in [5, 5.41) is 12.3. The number of rotatable bonds is 8. The molecule has 0 amide bonds. The third-order valence-corrected chi connectivity index (χ3v) is 8.41. The first-order valence-electron chi connectivity index (χ1n) is 12.8. The van der Waals surface area contributed by atoms with E-state index in [9.17, 15) is 26.4 Å². The molecule has 14 nitrogen and oxygen atoms in total. The molecule has 0 saturated heterocycles. The van der Waals surface area contributed by atoms with Crippen LogP contribution in [0.2, 0.25) is 25.9 Å². The van der Waals surface area contributed by atoms with Gasteiger partial charge < -0.3 is 11.1 Å². The monoisotopic (exact) mass is 816 g/mol. The lowest BCUT2D eigenvalue weighted by atomic mass is 8.76. The third-order valence-electron chi connectivity index (χ3n) is 5.23. The third kappa shape index (κ3) is 17.1. The van der Waals surface area contributed by atoms with Crippen LogP contribution < -0.4 is 21.3 Å². The fourth-order valence-corrected chi connectivity index (χ4v) is 4.94. The number of anilines is 3. The van der Waals surface area contributed by atoms with Gasteiger partial charge in [0.15, 0.2) is 12.6 Å².